The Kier molecular flexibility index (Phi) is 4.15. The Balaban J connectivity index is 1.45. The zero-order chi connectivity index (χ0) is 17.4. The zero-order valence-corrected chi connectivity index (χ0v) is 14.2. The van der Waals surface area contributed by atoms with Crippen LogP contribution in [0.4, 0.5) is 4.79 Å². The minimum atomic E-state index is -0.792. The third kappa shape index (κ3) is 3.11. The highest BCUT2D eigenvalue weighted by molar-refractivity contribution is 5.75. The number of hydrogen-bond acceptors (Lipinski definition) is 4. The quantitative estimate of drug-likeness (QED) is 0.879. The third-order valence-corrected chi connectivity index (χ3v) is 6.05. The van der Waals surface area contributed by atoms with Crippen molar-refractivity contribution in [1.82, 2.24) is 10.2 Å². The molecule has 1 spiro atoms. The smallest absolute Gasteiger partial charge is 0.410 e. The van der Waals surface area contributed by atoms with Gasteiger partial charge in [-0.2, -0.15) is 0 Å². The molecular formula is C19H24N2O4. The van der Waals surface area contributed by atoms with Crippen LogP contribution < -0.4 is 5.32 Å². The minimum Gasteiger partial charge on any atom is -0.481 e. The summed E-state index contributed by atoms with van der Waals surface area (Å²) in [6, 6.07) is 10.3. The fourth-order valence-corrected chi connectivity index (χ4v) is 4.96. The topological polar surface area (TPSA) is 78.9 Å². The summed E-state index contributed by atoms with van der Waals surface area (Å²) in [5.74, 6) is -1.29. The van der Waals surface area contributed by atoms with Crippen LogP contribution in [0.3, 0.4) is 0 Å². The first-order valence-electron chi connectivity index (χ1n) is 9.00. The number of piperidine rings is 1. The molecule has 6 nitrogen and oxygen atoms in total. The number of amides is 1. The molecule has 3 atom stereocenters. The molecule has 3 fully saturated rings. The molecule has 3 heterocycles. The van der Waals surface area contributed by atoms with Crippen LogP contribution in [0.2, 0.25) is 0 Å². The molecule has 2 N–H and O–H groups in total. The van der Waals surface area contributed by atoms with Crippen LogP contribution in [0.1, 0.15) is 31.2 Å². The molecule has 1 aromatic carbocycles. The summed E-state index contributed by atoms with van der Waals surface area (Å²) in [5, 5.41) is 13.3. The van der Waals surface area contributed by atoms with E-state index in [0.29, 0.717) is 18.6 Å². The first kappa shape index (κ1) is 16.4. The second-order valence-corrected chi connectivity index (χ2v) is 7.72. The lowest BCUT2D eigenvalue weighted by molar-refractivity contribution is -0.145. The van der Waals surface area contributed by atoms with E-state index in [4.69, 9.17) is 4.74 Å². The Morgan fingerprint density at radius 3 is 2.52 bits per heavy atom. The van der Waals surface area contributed by atoms with Gasteiger partial charge in [-0.25, -0.2) is 4.79 Å². The molecule has 0 aliphatic carbocycles. The Labute approximate surface area is 147 Å². The van der Waals surface area contributed by atoms with Gasteiger partial charge >= 0.3 is 12.1 Å². The number of ether oxygens (including phenoxy) is 1. The predicted octanol–water partition coefficient (Wildman–Crippen LogP) is 2.24. The highest BCUT2D eigenvalue weighted by atomic mass is 16.6. The van der Waals surface area contributed by atoms with E-state index in [1.54, 1.807) is 4.90 Å². The van der Waals surface area contributed by atoms with E-state index >= 15 is 0 Å². The van der Waals surface area contributed by atoms with E-state index in [1.807, 2.05) is 30.3 Å². The Hall–Kier alpha value is -2.08. The number of carboxylic acid groups (broad SMARTS) is 1. The molecule has 25 heavy (non-hydrogen) atoms. The number of carbonyl (C=O) groups is 2. The van der Waals surface area contributed by atoms with Gasteiger partial charge in [0.2, 0.25) is 0 Å². The van der Waals surface area contributed by atoms with Crippen molar-refractivity contribution in [2.45, 2.75) is 44.4 Å². The fourth-order valence-electron chi connectivity index (χ4n) is 4.96. The number of benzene rings is 1. The molecule has 0 saturated carbocycles. The monoisotopic (exact) mass is 344 g/mol. The second-order valence-electron chi connectivity index (χ2n) is 7.72. The molecule has 2 bridgehead atoms. The molecule has 4 rings (SSSR count). The highest BCUT2D eigenvalue weighted by Gasteiger charge is 2.56. The van der Waals surface area contributed by atoms with Gasteiger partial charge in [0.1, 0.15) is 6.61 Å². The van der Waals surface area contributed by atoms with E-state index in [9.17, 15) is 14.7 Å². The van der Waals surface area contributed by atoms with Crippen molar-refractivity contribution in [1.29, 1.82) is 0 Å². The summed E-state index contributed by atoms with van der Waals surface area (Å²) in [7, 11) is 0. The number of rotatable bonds is 3. The van der Waals surface area contributed by atoms with Crippen molar-refractivity contribution in [2.24, 2.45) is 11.3 Å². The van der Waals surface area contributed by atoms with Crippen molar-refractivity contribution in [3.05, 3.63) is 35.9 Å². The van der Waals surface area contributed by atoms with Crippen LogP contribution in [0, 0.1) is 11.3 Å². The number of carboxylic acids is 1. The van der Waals surface area contributed by atoms with Gasteiger partial charge in [-0.3, -0.25) is 4.79 Å². The summed E-state index contributed by atoms with van der Waals surface area (Å²) >= 11 is 0. The SMILES string of the molecule is O=C(O)C1CN(C(=O)OCc2ccccc2)CC12CC1CCC(C2)N1. The maximum atomic E-state index is 12.5. The molecular weight excluding hydrogens is 320 g/mol. The Morgan fingerprint density at radius 1 is 1.20 bits per heavy atom. The molecule has 6 heteroatoms. The predicted molar refractivity (Wildman–Crippen MR) is 90.9 cm³/mol. The molecule has 3 aliphatic heterocycles. The largest absolute Gasteiger partial charge is 0.481 e. The van der Waals surface area contributed by atoms with Crippen LogP contribution in [-0.4, -0.2) is 47.2 Å². The number of carbonyl (C=O) groups excluding carboxylic acids is 1. The number of nitrogens with zero attached hydrogens (tertiary/aromatic N) is 1. The second kappa shape index (κ2) is 6.33. The average Bonchev–Trinajstić information content (AvgIpc) is 3.14. The number of likely N-dealkylation sites (tertiary alicyclic amines) is 1. The maximum absolute atomic E-state index is 12.5. The lowest BCUT2D eigenvalue weighted by Gasteiger charge is -2.40. The molecule has 134 valence electrons. The average molecular weight is 344 g/mol. The van der Waals surface area contributed by atoms with Crippen LogP contribution in [0.5, 0.6) is 0 Å². The lowest BCUT2D eigenvalue weighted by Crippen LogP contribution is -2.49. The molecule has 3 unspecified atom stereocenters. The van der Waals surface area contributed by atoms with Gasteiger partial charge in [-0.15, -0.1) is 0 Å². The van der Waals surface area contributed by atoms with Crippen molar-refractivity contribution >= 4 is 12.1 Å². The summed E-state index contributed by atoms with van der Waals surface area (Å²) in [6.07, 6.45) is 3.48. The fraction of sp³-hybridized carbons (Fsp3) is 0.579. The number of nitrogens with one attached hydrogen (secondary N) is 1. The van der Waals surface area contributed by atoms with E-state index in [0.717, 1.165) is 31.2 Å². The van der Waals surface area contributed by atoms with Gasteiger partial charge in [0, 0.05) is 30.6 Å². The van der Waals surface area contributed by atoms with Crippen LogP contribution in [-0.2, 0) is 16.1 Å². The first-order chi connectivity index (χ1) is 12.1. The minimum absolute atomic E-state index is 0.216. The van der Waals surface area contributed by atoms with Gasteiger partial charge in [-0.1, -0.05) is 30.3 Å². The summed E-state index contributed by atoms with van der Waals surface area (Å²) in [4.78, 5) is 25.9. The van der Waals surface area contributed by atoms with Crippen molar-refractivity contribution in [3.63, 3.8) is 0 Å². The van der Waals surface area contributed by atoms with E-state index in [1.165, 1.54) is 0 Å². The maximum Gasteiger partial charge on any atom is 0.410 e. The van der Waals surface area contributed by atoms with Crippen LogP contribution >= 0.6 is 0 Å². The van der Waals surface area contributed by atoms with E-state index in [-0.39, 0.29) is 18.6 Å². The summed E-state index contributed by atoms with van der Waals surface area (Å²) in [5.41, 5.74) is 0.619. The Bertz CT molecular complexity index is 651. The summed E-state index contributed by atoms with van der Waals surface area (Å²) in [6.45, 7) is 0.961. The van der Waals surface area contributed by atoms with Crippen molar-refractivity contribution in [3.8, 4) is 0 Å². The first-order valence-corrected chi connectivity index (χ1v) is 9.00. The zero-order valence-electron chi connectivity index (χ0n) is 14.2. The van der Waals surface area contributed by atoms with E-state index in [2.05, 4.69) is 5.32 Å². The van der Waals surface area contributed by atoms with Crippen LogP contribution in [0.15, 0.2) is 30.3 Å². The van der Waals surface area contributed by atoms with Gasteiger partial charge in [0.05, 0.1) is 5.92 Å². The van der Waals surface area contributed by atoms with Gasteiger partial charge in [-0.05, 0) is 31.2 Å². The number of hydrogen-bond donors (Lipinski definition) is 2. The third-order valence-electron chi connectivity index (χ3n) is 6.05. The number of fused-ring (bicyclic) bond motifs is 2. The van der Waals surface area contributed by atoms with Crippen LogP contribution in [0.25, 0.3) is 0 Å². The molecule has 1 amide bonds. The summed E-state index contributed by atoms with van der Waals surface area (Å²) < 4.78 is 5.42. The Morgan fingerprint density at radius 2 is 1.88 bits per heavy atom. The molecule has 1 aromatic rings. The van der Waals surface area contributed by atoms with E-state index < -0.39 is 18.0 Å². The van der Waals surface area contributed by atoms with Crippen molar-refractivity contribution < 1.29 is 19.4 Å². The van der Waals surface area contributed by atoms with Gasteiger partial charge < -0.3 is 20.1 Å². The van der Waals surface area contributed by atoms with Gasteiger partial charge in [0.25, 0.3) is 0 Å². The standard InChI is InChI=1S/C19H24N2O4/c22-17(23)16-10-21(18(24)25-11-13-4-2-1-3-5-13)12-19(16)8-14-6-7-15(9-19)20-14/h1-5,14-16,20H,6-12H2,(H,22,23). The molecule has 0 radical (unpaired) electrons. The van der Waals surface area contributed by atoms with Crippen molar-refractivity contribution in [2.75, 3.05) is 13.1 Å². The van der Waals surface area contributed by atoms with Gasteiger partial charge in [0.15, 0.2) is 0 Å². The molecule has 3 aliphatic rings. The normalized spacial score (nSPS) is 33.6. The highest BCUT2D eigenvalue weighted by Crippen LogP contribution is 2.49. The molecule has 3 saturated heterocycles. The number of aliphatic carboxylic acids is 1. The molecule has 0 aromatic heterocycles. The lowest BCUT2D eigenvalue weighted by atomic mass is 9.69.